The molecule has 0 bridgehead atoms. The Morgan fingerprint density at radius 3 is 2.43 bits per heavy atom. The summed E-state index contributed by atoms with van der Waals surface area (Å²) in [4.78, 5) is 9.51. The molecule has 1 fully saturated rings. The topological polar surface area (TPSA) is 45.2 Å². The molecule has 1 aromatic heterocycles. The highest BCUT2D eigenvalue weighted by Gasteiger charge is 2.29. The third-order valence-electron chi connectivity index (χ3n) is 4.70. The van der Waals surface area contributed by atoms with E-state index in [4.69, 9.17) is 4.98 Å². The zero-order chi connectivity index (χ0) is 15.4. The summed E-state index contributed by atoms with van der Waals surface area (Å²) in [5.74, 6) is 1.41. The summed E-state index contributed by atoms with van der Waals surface area (Å²) < 4.78 is 0. The third-order valence-corrected chi connectivity index (χ3v) is 4.70. The fraction of sp³-hybridized carbons (Fsp3) is 0.812. The Kier molecular flexibility index (Phi) is 5.51. The number of hydrogen-bond acceptors (Lipinski definition) is 5. The van der Waals surface area contributed by atoms with Gasteiger partial charge in [0.2, 0.25) is 5.95 Å². The number of likely N-dealkylation sites (tertiary alicyclic amines) is 1. The highest BCUT2D eigenvalue weighted by Crippen LogP contribution is 2.24. The number of aryl methyl sites for hydroxylation is 2. The van der Waals surface area contributed by atoms with Crippen molar-refractivity contribution in [2.24, 2.45) is 5.92 Å². The van der Waals surface area contributed by atoms with Crippen molar-refractivity contribution in [2.45, 2.75) is 53.0 Å². The fourth-order valence-corrected chi connectivity index (χ4v) is 3.31. The van der Waals surface area contributed by atoms with Crippen LogP contribution < -0.4 is 4.90 Å². The molecule has 1 aliphatic heterocycles. The lowest BCUT2D eigenvalue weighted by Crippen LogP contribution is -2.49. The van der Waals surface area contributed by atoms with Crippen LogP contribution in [0.5, 0.6) is 0 Å². The zero-order valence-electron chi connectivity index (χ0n) is 14.1. The lowest BCUT2D eigenvalue weighted by Gasteiger charge is -2.40. The van der Waals surface area contributed by atoms with Crippen molar-refractivity contribution in [2.75, 3.05) is 31.6 Å². The third kappa shape index (κ3) is 3.51. The van der Waals surface area contributed by atoms with Gasteiger partial charge in [0.15, 0.2) is 0 Å². The predicted octanol–water partition coefficient (Wildman–Crippen LogP) is 2.16. The maximum absolute atomic E-state index is 4.75. The molecule has 21 heavy (non-hydrogen) atoms. The molecule has 1 aromatic rings. The maximum atomic E-state index is 4.75. The monoisotopic (exact) mass is 291 g/mol. The SMILES string of the molecule is CCc1nnc(N(C)C2CCN(CC)CC2C)nc1CC. The molecule has 1 saturated heterocycles. The first-order valence-corrected chi connectivity index (χ1v) is 8.28. The predicted molar refractivity (Wildman–Crippen MR) is 86.7 cm³/mol. The standard InChI is InChI=1S/C16H29N5/c1-6-13-14(7-2)18-19-16(17-13)20(5)15-9-10-21(8-3)11-12(15)4/h12,15H,6-11H2,1-5H3. The molecule has 2 heterocycles. The van der Waals surface area contributed by atoms with E-state index in [-0.39, 0.29) is 0 Å². The molecule has 2 unspecified atom stereocenters. The van der Waals surface area contributed by atoms with Gasteiger partial charge in [0.1, 0.15) is 0 Å². The average Bonchev–Trinajstić information content (AvgIpc) is 2.53. The minimum atomic E-state index is 0.506. The molecule has 0 saturated carbocycles. The van der Waals surface area contributed by atoms with E-state index in [0.29, 0.717) is 12.0 Å². The Morgan fingerprint density at radius 1 is 1.14 bits per heavy atom. The number of rotatable bonds is 5. The van der Waals surface area contributed by atoms with E-state index in [1.165, 1.54) is 6.42 Å². The van der Waals surface area contributed by atoms with E-state index in [9.17, 15) is 0 Å². The molecule has 5 heteroatoms. The van der Waals surface area contributed by atoms with Gasteiger partial charge >= 0.3 is 0 Å². The van der Waals surface area contributed by atoms with Crippen molar-refractivity contribution < 1.29 is 0 Å². The van der Waals surface area contributed by atoms with Crippen molar-refractivity contribution in [3.8, 4) is 0 Å². The van der Waals surface area contributed by atoms with Crippen LogP contribution in [0.4, 0.5) is 5.95 Å². The highest BCUT2D eigenvalue weighted by atomic mass is 15.3. The normalized spacial score (nSPS) is 23.3. The molecule has 0 aliphatic carbocycles. The van der Waals surface area contributed by atoms with Gasteiger partial charge in [0.25, 0.3) is 0 Å². The number of anilines is 1. The van der Waals surface area contributed by atoms with Gasteiger partial charge in [0, 0.05) is 26.2 Å². The summed E-state index contributed by atoms with van der Waals surface area (Å²) in [5, 5.41) is 8.73. The van der Waals surface area contributed by atoms with E-state index in [2.05, 4.69) is 54.7 Å². The largest absolute Gasteiger partial charge is 0.339 e. The Labute approximate surface area is 128 Å². The van der Waals surface area contributed by atoms with Crippen molar-refractivity contribution in [3.05, 3.63) is 11.4 Å². The summed E-state index contributed by atoms with van der Waals surface area (Å²) in [6.45, 7) is 12.3. The van der Waals surface area contributed by atoms with Crippen molar-refractivity contribution in [1.29, 1.82) is 0 Å². The van der Waals surface area contributed by atoms with Crippen LogP contribution in [-0.2, 0) is 12.8 Å². The van der Waals surface area contributed by atoms with Crippen molar-refractivity contribution in [3.63, 3.8) is 0 Å². The van der Waals surface area contributed by atoms with Crippen molar-refractivity contribution >= 4 is 5.95 Å². The Balaban J connectivity index is 2.14. The van der Waals surface area contributed by atoms with Crippen LogP contribution in [0.3, 0.4) is 0 Å². The van der Waals surface area contributed by atoms with E-state index in [1.54, 1.807) is 0 Å². The van der Waals surface area contributed by atoms with Crippen LogP contribution >= 0.6 is 0 Å². The van der Waals surface area contributed by atoms with E-state index < -0.39 is 0 Å². The second kappa shape index (κ2) is 7.16. The number of aromatic nitrogens is 3. The highest BCUT2D eigenvalue weighted by molar-refractivity contribution is 5.31. The zero-order valence-corrected chi connectivity index (χ0v) is 14.1. The fourth-order valence-electron chi connectivity index (χ4n) is 3.31. The summed E-state index contributed by atoms with van der Waals surface area (Å²) in [6.07, 6.45) is 2.99. The summed E-state index contributed by atoms with van der Waals surface area (Å²) in [5.41, 5.74) is 2.12. The molecule has 0 spiro atoms. The van der Waals surface area contributed by atoms with E-state index in [0.717, 1.165) is 49.8 Å². The van der Waals surface area contributed by atoms with Gasteiger partial charge in [-0.3, -0.25) is 0 Å². The molecule has 2 atom stereocenters. The first-order valence-electron chi connectivity index (χ1n) is 8.28. The van der Waals surface area contributed by atoms with Gasteiger partial charge in [-0.25, -0.2) is 4.98 Å². The smallest absolute Gasteiger partial charge is 0.245 e. The molecule has 118 valence electrons. The van der Waals surface area contributed by atoms with E-state index >= 15 is 0 Å². The van der Waals surface area contributed by atoms with Crippen LogP contribution in [0.25, 0.3) is 0 Å². The molecule has 0 aromatic carbocycles. The van der Waals surface area contributed by atoms with Gasteiger partial charge < -0.3 is 9.80 Å². The molecule has 0 N–H and O–H groups in total. The molecule has 1 aliphatic rings. The minimum Gasteiger partial charge on any atom is -0.339 e. The Morgan fingerprint density at radius 2 is 1.86 bits per heavy atom. The molecule has 0 amide bonds. The minimum absolute atomic E-state index is 0.506. The number of hydrogen-bond donors (Lipinski definition) is 0. The second-order valence-corrected chi connectivity index (χ2v) is 6.05. The quantitative estimate of drug-likeness (QED) is 0.832. The molecule has 0 radical (unpaired) electrons. The van der Waals surface area contributed by atoms with Gasteiger partial charge in [-0.1, -0.05) is 27.7 Å². The van der Waals surface area contributed by atoms with Crippen LogP contribution in [0.15, 0.2) is 0 Å². The average molecular weight is 291 g/mol. The summed E-state index contributed by atoms with van der Waals surface area (Å²) in [6, 6.07) is 0.506. The van der Waals surface area contributed by atoms with Gasteiger partial charge in [-0.2, -0.15) is 5.10 Å². The lowest BCUT2D eigenvalue weighted by molar-refractivity contribution is 0.168. The van der Waals surface area contributed by atoms with Crippen LogP contribution in [0.2, 0.25) is 0 Å². The molecular formula is C16H29N5. The lowest BCUT2D eigenvalue weighted by atomic mass is 9.93. The molecule has 2 rings (SSSR count). The summed E-state index contributed by atoms with van der Waals surface area (Å²) in [7, 11) is 2.12. The van der Waals surface area contributed by atoms with Gasteiger partial charge in [-0.05, 0) is 31.7 Å². The van der Waals surface area contributed by atoms with Gasteiger partial charge in [0.05, 0.1) is 11.4 Å². The maximum Gasteiger partial charge on any atom is 0.245 e. The van der Waals surface area contributed by atoms with Crippen molar-refractivity contribution in [1.82, 2.24) is 20.1 Å². The second-order valence-electron chi connectivity index (χ2n) is 6.05. The number of nitrogens with zero attached hydrogens (tertiary/aromatic N) is 5. The first-order chi connectivity index (χ1) is 10.1. The first kappa shape index (κ1) is 16.1. The number of piperidine rings is 1. The van der Waals surface area contributed by atoms with Gasteiger partial charge in [-0.15, -0.1) is 5.10 Å². The molecular weight excluding hydrogens is 262 g/mol. The molecule has 5 nitrogen and oxygen atoms in total. The summed E-state index contributed by atoms with van der Waals surface area (Å²) >= 11 is 0. The van der Waals surface area contributed by atoms with Crippen LogP contribution in [0.1, 0.15) is 45.5 Å². The Hall–Kier alpha value is -1.23. The Bertz CT molecular complexity index is 462. The van der Waals surface area contributed by atoms with E-state index in [1.807, 2.05) is 0 Å². The van der Waals surface area contributed by atoms with Crippen LogP contribution in [0, 0.1) is 5.92 Å². The van der Waals surface area contributed by atoms with Crippen LogP contribution in [-0.4, -0.2) is 52.8 Å².